The Balaban J connectivity index is 3.05. The molecule has 0 aliphatic heterocycles. The number of nitrogens with one attached hydrogen (secondary N) is 1. The van der Waals surface area contributed by atoms with Crippen LogP contribution in [-0.2, 0) is 4.79 Å². The van der Waals surface area contributed by atoms with Crippen molar-refractivity contribution in [3.05, 3.63) is 0 Å². The molecule has 72 valence electrons. The van der Waals surface area contributed by atoms with E-state index in [1.807, 2.05) is 7.05 Å². The van der Waals surface area contributed by atoms with E-state index in [1.165, 1.54) is 0 Å². The maximum atomic E-state index is 10.1. The summed E-state index contributed by atoms with van der Waals surface area (Å²) in [6.07, 6.45) is 0.204. The molecule has 0 unspecified atom stereocenters. The standard InChI is InChI=1S/C8H18N2O2/c1-3-10(2)7-6-9-5-4-8(11)12/h9H,3-7H2,1-2H3,(H,11,12). The summed E-state index contributed by atoms with van der Waals surface area (Å²) >= 11 is 0. The van der Waals surface area contributed by atoms with E-state index in [0.717, 1.165) is 19.6 Å². The first-order valence-electron chi connectivity index (χ1n) is 4.28. The highest BCUT2D eigenvalue weighted by Gasteiger charge is 1.96. The van der Waals surface area contributed by atoms with Crippen LogP contribution in [0.25, 0.3) is 0 Å². The van der Waals surface area contributed by atoms with Gasteiger partial charge in [0.05, 0.1) is 6.42 Å². The largest absolute Gasteiger partial charge is 0.481 e. The molecule has 0 aromatic heterocycles. The molecule has 4 heteroatoms. The molecular weight excluding hydrogens is 156 g/mol. The van der Waals surface area contributed by atoms with Crippen molar-refractivity contribution >= 4 is 5.97 Å². The molecule has 0 aliphatic rings. The summed E-state index contributed by atoms with van der Waals surface area (Å²) < 4.78 is 0. The zero-order valence-electron chi connectivity index (χ0n) is 7.84. The van der Waals surface area contributed by atoms with Crippen molar-refractivity contribution in [2.24, 2.45) is 0 Å². The smallest absolute Gasteiger partial charge is 0.304 e. The number of carbonyl (C=O) groups is 1. The van der Waals surface area contributed by atoms with E-state index < -0.39 is 5.97 Å². The molecule has 4 nitrogen and oxygen atoms in total. The maximum absolute atomic E-state index is 10.1. The molecular formula is C8H18N2O2. The summed E-state index contributed by atoms with van der Waals surface area (Å²) in [6.45, 7) is 5.51. The number of hydrogen-bond donors (Lipinski definition) is 2. The van der Waals surface area contributed by atoms with E-state index in [9.17, 15) is 4.79 Å². The molecule has 0 atom stereocenters. The minimum atomic E-state index is -0.744. The van der Waals surface area contributed by atoms with Gasteiger partial charge in [0, 0.05) is 19.6 Å². The molecule has 0 fully saturated rings. The maximum Gasteiger partial charge on any atom is 0.304 e. The fourth-order valence-electron chi connectivity index (χ4n) is 0.748. The van der Waals surface area contributed by atoms with Crippen LogP contribution in [0.4, 0.5) is 0 Å². The molecule has 0 heterocycles. The fraction of sp³-hybridized carbons (Fsp3) is 0.875. The van der Waals surface area contributed by atoms with Gasteiger partial charge in [0.15, 0.2) is 0 Å². The number of hydrogen-bond acceptors (Lipinski definition) is 3. The second-order valence-electron chi connectivity index (χ2n) is 2.79. The van der Waals surface area contributed by atoms with Crippen LogP contribution >= 0.6 is 0 Å². The van der Waals surface area contributed by atoms with Gasteiger partial charge in [0.2, 0.25) is 0 Å². The topological polar surface area (TPSA) is 52.6 Å². The summed E-state index contributed by atoms with van der Waals surface area (Å²) in [5.41, 5.74) is 0. The predicted octanol–water partition coefficient (Wildman–Crippen LogP) is 0.00240. The SMILES string of the molecule is CCN(C)CCNCCC(=O)O. The Hall–Kier alpha value is -0.610. The van der Waals surface area contributed by atoms with Gasteiger partial charge < -0.3 is 15.3 Å². The molecule has 12 heavy (non-hydrogen) atoms. The van der Waals surface area contributed by atoms with E-state index in [0.29, 0.717) is 6.54 Å². The fourth-order valence-corrected chi connectivity index (χ4v) is 0.748. The molecule has 0 aromatic carbocycles. The number of carboxylic acid groups (broad SMARTS) is 1. The molecule has 0 radical (unpaired) electrons. The van der Waals surface area contributed by atoms with Gasteiger partial charge in [-0.05, 0) is 13.6 Å². The van der Waals surface area contributed by atoms with E-state index in [1.54, 1.807) is 0 Å². The third kappa shape index (κ3) is 7.50. The molecule has 0 aliphatic carbocycles. The third-order valence-electron chi connectivity index (χ3n) is 1.73. The second kappa shape index (κ2) is 7.06. The molecule has 2 N–H and O–H groups in total. The van der Waals surface area contributed by atoms with Crippen LogP contribution in [0.15, 0.2) is 0 Å². The van der Waals surface area contributed by atoms with Crippen molar-refractivity contribution in [3.63, 3.8) is 0 Å². The van der Waals surface area contributed by atoms with Crippen molar-refractivity contribution in [1.82, 2.24) is 10.2 Å². The first-order valence-corrected chi connectivity index (χ1v) is 4.28. The van der Waals surface area contributed by atoms with Crippen LogP contribution in [-0.4, -0.2) is 49.2 Å². The van der Waals surface area contributed by atoms with Gasteiger partial charge in [0.25, 0.3) is 0 Å². The summed E-state index contributed by atoms with van der Waals surface area (Å²) in [6, 6.07) is 0. The molecule has 0 rings (SSSR count). The monoisotopic (exact) mass is 174 g/mol. The van der Waals surface area contributed by atoms with Gasteiger partial charge in [-0.15, -0.1) is 0 Å². The van der Waals surface area contributed by atoms with Crippen LogP contribution in [0.5, 0.6) is 0 Å². The van der Waals surface area contributed by atoms with Crippen molar-refractivity contribution in [1.29, 1.82) is 0 Å². The lowest BCUT2D eigenvalue weighted by molar-refractivity contribution is -0.136. The van der Waals surface area contributed by atoms with Gasteiger partial charge in [-0.3, -0.25) is 4.79 Å². The average molecular weight is 174 g/mol. The van der Waals surface area contributed by atoms with Crippen LogP contribution in [0, 0.1) is 0 Å². The Kier molecular flexibility index (Phi) is 6.70. The first kappa shape index (κ1) is 11.4. The highest BCUT2D eigenvalue weighted by atomic mass is 16.4. The summed E-state index contributed by atoms with van der Waals surface area (Å²) in [5.74, 6) is -0.744. The summed E-state index contributed by atoms with van der Waals surface area (Å²) in [5, 5.41) is 11.4. The summed E-state index contributed by atoms with van der Waals surface area (Å²) in [4.78, 5) is 12.3. The van der Waals surface area contributed by atoms with E-state index in [4.69, 9.17) is 5.11 Å². The predicted molar refractivity (Wildman–Crippen MR) is 48.3 cm³/mol. The van der Waals surface area contributed by atoms with Crippen LogP contribution < -0.4 is 5.32 Å². The van der Waals surface area contributed by atoms with E-state index in [-0.39, 0.29) is 6.42 Å². The highest BCUT2D eigenvalue weighted by Crippen LogP contribution is 1.79. The zero-order valence-corrected chi connectivity index (χ0v) is 7.84. The van der Waals surface area contributed by atoms with Crippen LogP contribution in [0.3, 0.4) is 0 Å². The molecule has 0 bridgehead atoms. The quantitative estimate of drug-likeness (QED) is 0.533. The van der Waals surface area contributed by atoms with Crippen molar-refractivity contribution in [3.8, 4) is 0 Å². The normalized spacial score (nSPS) is 10.6. The molecule has 0 aromatic rings. The second-order valence-corrected chi connectivity index (χ2v) is 2.79. The van der Waals surface area contributed by atoms with Crippen molar-refractivity contribution in [2.75, 3.05) is 33.2 Å². The molecule has 0 amide bonds. The van der Waals surface area contributed by atoms with Gasteiger partial charge in [-0.25, -0.2) is 0 Å². The summed E-state index contributed by atoms with van der Waals surface area (Å²) in [7, 11) is 2.04. The van der Waals surface area contributed by atoms with E-state index in [2.05, 4.69) is 17.1 Å². The number of carboxylic acids is 1. The lowest BCUT2D eigenvalue weighted by atomic mass is 10.4. The van der Waals surface area contributed by atoms with Crippen LogP contribution in [0.1, 0.15) is 13.3 Å². The Morgan fingerprint density at radius 2 is 2.17 bits per heavy atom. The zero-order chi connectivity index (χ0) is 9.40. The Morgan fingerprint density at radius 1 is 1.50 bits per heavy atom. The molecule has 0 saturated carbocycles. The Labute approximate surface area is 73.6 Å². The lowest BCUT2D eigenvalue weighted by Crippen LogP contribution is -2.30. The van der Waals surface area contributed by atoms with Gasteiger partial charge in [0.1, 0.15) is 0 Å². The Morgan fingerprint density at radius 3 is 2.67 bits per heavy atom. The third-order valence-corrected chi connectivity index (χ3v) is 1.73. The van der Waals surface area contributed by atoms with E-state index >= 15 is 0 Å². The average Bonchev–Trinajstić information content (AvgIpc) is 2.03. The lowest BCUT2D eigenvalue weighted by Gasteiger charge is -2.13. The number of aliphatic carboxylic acids is 1. The minimum Gasteiger partial charge on any atom is -0.481 e. The number of likely N-dealkylation sites (N-methyl/N-ethyl adjacent to an activating group) is 1. The van der Waals surface area contributed by atoms with Crippen molar-refractivity contribution < 1.29 is 9.90 Å². The Bertz CT molecular complexity index is 128. The first-order chi connectivity index (χ1) is 5.66. The molecule has 0 spiro atoms. The van der Waals surface area contributed by atoms with Crippen molar-refractivity contribution in [2.45, 2.75) is 13.3 Å². The van der Waals surface area contributed by atoms with Gasteiger partial charge in [-0.2, -0.15) is 0 Å². The minimum absolute atomic E-state index is 0.204. The van der Waals surface area contributed by atoms with Gasteiger partial charge >= 0.3 is 5.97 Å². The highest BCUT2D eigenvalue weighted by molar-refractivity contribution is 5.66. The van der Waals surface area contributed by atoms with Crippen LogP contribution in [0.2, 0.25) is 0 Å². The molecule has 0 saturated heterocycles. The number of nitrogens with zero attached hydrogens (tertiary/aromatic N) is 1. The van der Waals surface area contributed by atoms with Gasteiger partial charge in [-0.1, -0.05) is 6.92 Å². The number of rotatable bonds is 7.